The van der Waals surface area contributed by atoms with Gasteiger partial charge in [-0.1, -0.05) is 19.3 Å². The first-order valence-electron chi connectivity index (χ1n) is 10.3. The lowest BCUT2D eigenvalue weighted by atomic mass is 9.80. The molecule has 0 spiro atoms. The van der Waals surface area contributed by atoms with Crippen LogP contribution in [0.4, 0.5) is 5.13 Å². The fourth-order valence-electron chi connectivity index (χ4n) is 4.65. The summed E-state index contributed by atoms with van der Waals surface area (Å²) >= 11 is 3.80. The topological polar surface area (TPSA) is 61.0 Å². The summed E-state index contributed by atoms with van der Waals surface area (Å²) in [5.74, 6) is 3.27. The van der Waals surface area contributed by atoms with E-state index in [0.717, 1.165) is 43.8 Å². The number of hydrogen-bond acceptors (Lipinski definition) is 6. The summed E-state index contributed by atoms with van der Waals surface area (Å²) in [6, 6.07) is 0. The number of aliphatic imine (C=N–C) groups is 1. The largest absolute Gasteiger partial charge is 0.370 e. The highest BCUT2D eigenvalue weighted by molar-refractivity contribution is 7.99. The zero-order chi connectivity index (χ0) is 18.5. The van der Waals surface area contributed by atoms with E-state index >= 15 is 0 Å². The number of rotatable bonds is 4. The highest BCUT2D eigenvalue weighted by Crippen LogP contribution is 2.35. The fraction of sp³-hybridized carbons (Fsp3) is 0.789. The molecular formula is C19H32N6S2. The number of guanidine groups is 1. The van der Waals surface area contributed by atoms with Crippen molar-refractivity contribution in [3.05, 3.63) is 11.6 Å². The van der Waals surface area contributed by atoms with Gasteiger partial charge in [-0.05, 0) is 12.8 Å². The smallest absolute Gasteiger partial charge is 0.191 e. The Bertz CT molecular complexity index is 600. The Balaban J connectivity index is 1.36. The summed E-state index contributed by atoms with van der Waals surface area (Å²) in [6.07, 6.45) is 8.50. The molecule has 2 aliphatic heterocycles. The fourth-order valence-corrected chi connectivity index (χ4v) is 6.25. The van der Waals surface area contributed by atoms with Gasteiger partial charge < -0.3 is 15.5 Å². The summed E-state index contributed by atoms with van der Waals surface area (Å²) < 4.78 is 0. The first-order valence-corrected chi connectivity index (χ1v) is 12.3. The van der Waals surface area contributed by atoms with E-state index < -0.39 is 0 Å². The van der Waals surface area contributed by atoms with Crippen LogP contribution in [0.3, 0.4) is 0 Å². The Morgan fingerprint density at radius 2 is 1.81 bits per heavy atom. The molecular weight excluding hydrogens is 376 g/mol. The maximum Gasteiger partial charge on any atom is 0.191 e. The molecule has 2 N–H and O–H groups in total. The van der Waals surface area contributed by atoms with Gasteiger partial charge in [0.05, 0.1) is 6.54 Å². The summed E-state index contributed by atoms with van der Waals surface area (Å²) in [5.41, 5.74) is 6.70. The van der Waals surface area contributed by atoms with Gasteiger partial charge in [0.15, 0.2) is 11.1 Å². The van der Waals surface area contributed by atoms with E-state index in [1.165, 1.54) is 56.7 Å². The van der Waals surface area contributed by atoms with Crippen LogP contribution >= 0.6 is 23.1 Å². The van der Waals surface area contributed by atoms with Crippen molar-refractivity contribution in [2.45, 2.75) is 37.6 Å². The maximum atomic E-state index is 6.44. The van der Waals surface area contributed by atoms with Gasteiger partial charge in [0.25, 0.3) is 0 Å². The molecule has 6 nitrogen and oxygen atoms in total. The molecule has 1 aliphatic carbocycles. The molecule has 1 aromatic heterocycles. The van der Waals surface area contributed by atoms with E-state index in [-0.39, 0.29) is 5.54 Å². The van der Waals surface area contributed by atoms with E-state index in [2.05, 4.69) is 31.4 Å². The van der Waals surface area contributed by atoms with Crippen LogP contribution < -0.4 is 10.6 Å². The average molecular weight is 409 g/mol. The molecule has 3 fully saturated rings. The van der Waals surface area contributed by atoms with Crippen molar-refractivity contribution in [1.82, 2.24) is 14.8 Å². The summed E-state index contributed by atoms with van der Waals surface area (Å²) in [7, 11) is 0. The van der Waals surface area contributed by atoms with Gasteiger partial charge in [0.2, 0.25) is 0 Å². The van der Waals surface area contributed by atoms with Crippen molar-refractivity contribution in [1.29, 1.82) is 0 Å². The lowest BCUT2D eigenvalue weighted by Gasteiger charge is -2.47. The van der Waals surface area contributed by atoms with Gasteiger partial charge in [-0.3, -0.25) is 9.89 Å². The third-order valence-corrected chi connectivity index (χ3v) is 8.07. The predicted molar refractivity (Wildman–Crippen MR) is 117 cm³/mol. The lowest BCUT2D eigenvalue weighted by molar-refractivity contribution is 0.0670. The van der Waals surface area contributed by atoms with Crippen LogP contribution in [0.15, 0.2) is 16.6 Å². The minimum Gasteiger partial charge on any atom is -0.370 e. The predicted octanol–water partition coefficient (Wildman–Crippen LogP) is 2.33. The van der Waals surface area contributed by atoms with Crippen molar-refractivity contribution in [2.75, 3.05) is 62.2 Å². The van der Waals surface area contributed by atoms with Crippen molar-refractivity contribution in [2.24, 2.45) is 10.7 Å². The SMILES string of the molecule is NC(=NCC1(N2CCSCC2)CCCCC1)N1CCN(c2nccs2)CC1. The van der Waals surface area contributed by atoms with Crippen molar-refractivity contribution in [3.8, 4) is 0 Å². The monoisotopic (exact) mass is 408 g/mol. The van der Waals surface area contributed by atoms with Crippen LogP contribution in [0.5, 0.6) is 0 Å². The molecule has 0 amide bonds. The van der Waals surface area contributed by atoms with Crippen LogP contribution in [0.1, 0.15) is 32.1 Å². The summed E-state index contributed by atoms with van der Waals surface area (Å²) in [6.45, 7) is 7.11. The molecule has 0 bridgehead atoms. The van der Waals surface area contributed by atoms with E-state index in [1.54, 1.807) is 11.3 Å². The van der Waals surface area contributed by atoms with Gasteiger partial charge in [-0.15, -0.1) is 11.3 Å². The van der Waals surface area contributed by atoms with E-state index in [0.29, 0.717) is 0 Å². The quantitative estimate of drug-likeness (QED) is 0.609. The second-order valence-corrected chi connectivity index (χ2v) is 9.95. The molecule has 3 heterocycles. The Labute approximate surface area is 171 Å². The highest BCUT2D eigenvalue weighted by Gasteiger charge is 2.38. The Morgan fingerprint density at radius 3 is 2.48 bits per heavy atom. The van der Waals surface area contributed by atoms with Crippen molar-refractivity contribution >= 4 is 34.2 Å². The van der Waals surface area contributed by atoms with Crippen molar-refractivity contribution < 1.29 is 0 Å². The minimum atomic E-state index is 0.257. The van der Waals surface area contributed by atoms with Crippen LogP contribution in [-0.4, -0.2) is 83.6 Å². The first-order chi connectivity index (χ1) is 13.3. The molecule has 0 atom stereocenters. The van der Waals surface area contributed by atoms with E-state index in [4.69, 9.17) is 10.7 Å². The zero-order valence-corrected chi connectivity index (χ0v) is 17.8. The maximum absolute atomic E-state index is 6.44. The van der Waals surface area contributed by atoms with Crippen LogP contribution in [0.2, 0.25) is 0 Å². The number of thiazole rings is 1. The lowest BCUT2D eigenvalue weighted by Crippen LogP contribution is -2.56. The average Bonchev–Trinajstić information content (AvgIpc) is 3.28. The van der Waals surface area contributed by atoms with Gasteiger partial charge in [0.1, 0.15) is 0 Å². The molecule has 8 heteroatoms. The molecule has 0 radical (unpaired) electrons. The highest BCUT2D eigenvalue weighted by atomic mass is 32.2. The standard InChI is InChI=1S/C19H32N6S2/c20-17(23-7-9-24(10-8-23)18-21-6-13-27-18)22-16-19(4-2-1-3-5-19)25-11-14-26-15-12-25/h6,13H,1-5,7-12,14-16H2,(H2,20,22). The second kappa shape index (κ2) is 9.01. The molecule has 0 unspecified atom stereocenters. The Hall–Kier alpha value is -0.990. The molecule has 3 aliphatic rings. The Morgan fingerprint density at radius 1 is 1.07 bits per heavy atom. The Kier molecular flexibility index (Phi) is 6.45. The van der Waals surface area contributed by atoms with E-state index in [1.807, 2.05) is 11.6 Å². The van der Waals surface area contributed by atoms with Crippen molar-refractivity contribution in [3.63, 3.8) is 0 Å². The third-order valence-electron chi connectivity index (χ3n) is 6.30. The van der Waals surface area contributed by atoms with Crippen LogP contribution in [0.25, 0.3) is 0 Å². The van der Waals surface area contributed by atoms with Gasteiger partial charge in [-0.2, -0.15) is 11.8 Å². The number of nitrogens with two attached hydrogens (primary N) is 1. The molecule has 0 aromatic carbocycles. The molecule has 27 heavy (non-hydrogen) atoms. The van der Waals surface area contributed by atoms with Gasteiger partial charge in [-0.25, -0.2) is 4.98 Å². The number of hydrogen-bond donors (Lipinski definition) is 1. The first kappa shape index (κ1) is 19.3. The summed E-state index contributed by atoms with van der Waals surface area (Å²) in [4.78, 5) is 16.7. The molecule has 2 saturated heterocycles. The third kappa shape index (κ3) is 4.54. The molecule has 1 saturated carbocycles. The molecule has 4 rings (SSSR count). The second-order valence-electron chi connectivity index (χ2n) is 7.85. The minimum absolute atomic E-state index is 0.257. The van der Waals surface area contributed by atoms with Gasteiger partial charge >= 0.3 is 0 Å². The van der Waals surface area contributed by atoms with Gasteiger partial charge in [0, 0.05) is 67.9 Å². The van der Waals surface area contributed by atoms with E-state index in [9.17, 15) is 0 Å². The number of piperazine rings is 1. The molecule has 150 valence electrons. The number of nitrogens with zero attached hydrogens (tertiary/aromatic N) is 5. The summed E-state index contributed by atoms with van der Waals surface area (Å²) in [5, 5.41) is 3.16. The zero-order valence-electron chi connectivity index (χ0n) is 16.2. The number of anilines is 1. The number of thioether (sulfide) groups is 1. The van der Waals surface area contributed by atoms with Crippen LogP contribution in [-0.2, 0) is 0 Å². The number of aromatic nitrogens is 1. The molecule has 1 aromatic rings. The van der Waals surface area contributed by atoms with Crippen LogP contribution in [0, 0.1) is 0 Å². The normalized spacial score (nSPS) is 25.0.